The van der Waals surface area contributed by atoms with E-state index in [0.29, 0.717) is 23.5 Å². The molecular weight excluding hydrogens is 334 g/mol. The Morgan fingerprint density at radius 3 is 2.73 bits per heavy atom. The first kappa shape index (κ1) is 17.9. The van der Waals surface area contributed by atoms with Crippen LogP contribution in [0.4, 0.5) is 11.5 Å². The monoisotopic (exact) mass is 355 g/mol. The predicted octanol–water partition coefficient (Wildman–Crippen LogP) is 2.52. The highest BCUT2D eigenvalue weighted by atomic mass is 16.5. The Morgan fingerprint density at radius 1 is 1.23 bits per heavy atom. The van der Waals surface area contributed by atoms with Crippen molar-refractivity contribution in [2.75, 3.05) is 25.6 Å². The van der Waals surface area contributed by atoms with Gasteiger partial charge >= 0.3 is 5.97 Å². The maximum atomic E-state index is 12.3. The third-order valence-electron chi connectivity index (χ3n) is 4.11. The molecule has 1 aliphatic heterocycles. The summed E-state index contributed by atoms with van der Waals surface area (Å²) in [5.41, 5.74) is 1.74. The first-order chi connectivity index (χ1) is 12.7. The second-order valence-corrected chi connectivity index (χ2v) is 5.97. The Balaban J connectivity index is 1.61. The normalized spacial score (nSPS) is 16.1. The highest BCUT2D eigenvalue weighted by Gasteiger charge is 2.17. The molecule has 7 heteroatoms. The van der Waals surface area contributed by atoms with Crippen LogP contribution in [-0.4, -0.2) is 43.2 Å². The van der Waals surface area contributed by atoms with Crippen LogP contribution in [0, 0.1) is 0 Å². The van der Waals surface area contributed by atoms with Crippen molar-refractivity contribution in [2.45, 2.75) is 18.9 Å². The molecule has 1 aromatic heterocycles. The number of methoxy groups -OCH3 is 1. The van der Waals surface area contributed by atoms with Crippen molar-refractivity contribution < 1.29 is 19.1 Å². The molecule has 2 heterocycles. The Labute approximate surface area is 151 Å². The standard InChI is InChI=1S/C19H21N3O4/c1-25-19(24)13-4-6-15(7-5-13)22-17-11-14(8-9-20-17)18(23)21-12-16-3-2-10-26-16/h4-9,11,16H,2-3,10,12H2,1H3,(H,20,22)(H,21,23). The summed E-state index contributed by atoms with van der Waals surface area (Å²) in [6.07, 6.45) is 3.70. The van der Waals surface area contributed by atoms with E-state index in [9.17, 15) is 9.59 Å². The third kappa shape index (κ3) is 4.58. The van der Waals surface area contributed by atoms with Crippen LogP contribution in [0.1, 0.15) is 33.6 Å². The van der Waals surface area contributed by atoms with Gasteiger partial charge in [-0.05, 0) is 49.2 Å². The summed E-state index contributed by atoms with van der Waals surface area (Å²) in [6.45, 7) is 1.28. The third-order valence-corrected chi connectivity index (χ3v) is 4.11. The number of hydrogen-bond donors (Lipinski definition) is 2. The van der Waals surface area contributed by atoms with Gasteiger partial charge in [0.1, 0.15) is 5.82 Å². The summed E-state index contributed by atoms with van der Waals surface area (Å²) >= 11 is 0. The van der Waals surface area contributed by atoms with Crippen LogP contribution >= 0.6 is 0 Å². The van der Waals surface area contributed by atoms with Gasteiger partial charge in [0.15, 0.2) is 0 Å². The van der Waals surface area contributed by atoms with Crippen LogP contribution < -0.4 is 10.6 Å². The van der Waals surface area contributed by atoms with Gasteiger partial charge in [-0.25, -0.2) is 9.78 Å². The molecule has 7 nitrogen and oxygen atoms in total. The van der Waals surface area contributed by atoms with E-state index in [0.717, 1.165) is 25.1 Å². The number of hydrogen-bond acceptors (Lipinski definition) is 6. The number of esters is 1. The summed E-state index contributed by atoms with van der Waals surface area (Å²) in [7, 11) is 1.34. The Morgan fingerprint density at radius 2 is 2.04 bits per heavy atom. The van der Waals surface area contributed by atoms with Gasteiger partial charge in [0.05, 0.1) is 18.8 Å². The molecule has 1 saturated heterocycles. The smallest absolute Gasteiger partial charge is 0.337 e. The number of benzene rings is 1. The van der Waals surface area contributed by atoms with Crippen LogP contribution in [0.25, 0.3) is 0 Å². The van der Waals surface area contributed by atoms with Gasteiger partial charge in [0.2, 0.25) is 0 Å². The Hall–Kier alpha value is -2.93. The van der Waals surface area contributed by atoms with Gasteiger partial charge in [-0.15, -0.1) is 0 Å². The molecule has 1 aliphatic rings. The molecule has 26 heavy (non-hydrogen) atoms. The average molecular weight is 355 g/mol. The van der Waals surface area contributed by atoms with Crippen molar-refractivity contribution in [3.63, 3.8) is 0 Å². The number of carbonyl (C=O) groups excluding carboxylic acids is 2. The Kier molecular flexibility index (Phi) is 5.80. The molecule has 1 atom stereocenters. The number of ether oxygens (including phenoxy) is 2. The van der Waals surface area contributed by atoms with E-state index in [-0.39, 0.29) is 18.0 Å². The molecule has 2 N–H and O–H groups in total. The van der Waals surface area contributed by atoms with E-state index < -0.39 is 0 Å². The van der Waals surface area contributed by atoms with Crippen LogP contribution in [0.15, 0.2) is 42.6 Å². The zero-order valence-corrected chi connectivity index (χ0v) is 14.5. The number of aromatic nitrogens is 1. The SMILES string of the molecule is COC(=O)c1ccc(Nc2cc(C(=O)NCC3CCCO3)ccn2)cc1. The number of pyridine rings is 1. The maximum Gasteiger partial charge on any atom is 0.337 e. The predicted molar refractivity (Wildman–Crippen MR) is 96.6 cm³/mol. The molecule has 0 aliphatic carbocycles. The fraction of sp³-hybridized carbons (Fsp3) is 0.316. The van der Waals surface area contributed by atoms with E-state index in [1.54, 1.807) is 42.6 Å². The summed E-state index contributed by atoms with van der Waals surface area (Å²) < 4.78 is 10.2. The summed E-state index contributed by atoms with van der Waals surface area (Å²) in [4.78, 5) is 28.0. The molecule has 1 aromatic carbocycles. The molecule has 0 saturated carbocycles. The van der Waals surface area contributed by atoms with E-state index in [4.69, 9.17) is 4.74 Å². The van der Waals surface area contributed by atoms with Crippen LogP contribution in [-0.2, 0) is 9.47 Å². The number of nitrogens with one attached hydrogen (secondary N) is 2. The molecule has 3 rings (SSSR count). The van der Waals surface area contributed by atoms with Crippen LogP contribution in [0.2, 0.25) is 0 Å². The number of nitrogens with zero attached hydrogens (tertiary/aromatic N) is 1. The van der Waals surface area contributed by atoms with Gasteiger partial charge in [0.25, 0.3) is 5.91 Å². The number of rotatable bonds is 6. The van der Waals surface area contributed by atoms with Crippen molar-refractivity contribution in [1.82, 2.24) is 10.3 Å². The average Bonchev–Trinajstić information content (AvgIpc) is 3.20. The number of amides is 1. The minimum Gasteiger partial charge on any atom is -0.465 e. The quantitative estimate of drug-likeness (QED) is 0.774. The van der Waals surface area contributed by atoms with Crippen molar-refractivity contribution in [3.05, 3.63) is 53.7 Å². The maximum absolute atomic E-state index is 12.3. The fourth-order valence-electron chi connectivity index (χ4n) is 2.71. The molecule has 0 radical (unpaired) electrons. The molecule has 2 aromatic rings. The summed E-state index contributed by atoms with van der Waals surface area (Å²) in [5.74, 6) is -0.00726. The van der Waals surface area contributed by atoms with Gasteiger partial charge in [-0.1, -0.05) is 0 Å². The lowest BCUT2D eigenvalue weighted by Crippen LogP contribution is -2.31. The number of carbonyl (C=O) groups is 2. The molecule has 0 spiro atoms. The van der Waals surface area contributed by atoms with Crippen molar-refractivity contribution >= 4 is 23.4 Å². The summed E-state index contributed by atoms with van der Waals surface area (Å²) in [6, 6.07) is 10.2. The molecule has 1 fully saturated rings. The van der Waals surface area contributed by atoms with Crippen LogP contribution in [0.5, 0.6) is 0 Å². The Bertz CT molecular complexity index is 771. The van der Waals surface area contributed by atoms with E-state index in [2.05, 4.69) is 20.4 Å². The fourth-order valence-corrected chi connectivity index (χ4v) is 2.71. The topological polar surface area (TPSA) is 89.5 Å². The first-order valence-corrected chi connectivity index (χ1v) is 8.47. The van der Waals surface area contributed by atoms with E-state index in [1.807, 2.05) is 0 Å². The second kappa shape index (κ2) is 8.44. The van der Waals surface area contributed by atoms with Gasteiger partial charge in [-0.2, -0.15) is 0 Å². The zero-order chi connectivity index (χ0) is 18.4. The molecule has 1 unspecified atom stereocenters. The lowest BCUT2D eigenvalue weighted by atomic mass is 10.2. The first-order valence-electron chi connectivity index (χ1n) is 8.47. The zero-order valence-electron chi connectivity index (χ0n) is 14.5. The molecule has 0 bridgehead atoms. The second-order valence-electron chi connectivity index (χ2n) is 5.97. The summed E-state index contributed by atoms with van der Waals surface area (Å²) in [5, 5.41) is 6.00. The molecular formula is C19H21N3O4. The number of anilines is 2. The molecule has 136 valence electrons. The van der Waals surface area contributed by atoms with Gasteiger partial charge < -0.3 is 20.1 Å². The van der Waals surface area contributed by atoms with Crippen molar-refractivity contribution in [1.29, 1.82) is 0 Å². The highest BCUT2D eigenvalue weighted by molar-refractivity contribution is 5.95. The molecule has 1 amide bonds. The minimum absolute atomic E-state index is 0.103. The lowest BCUT2D eigenvalue weighted by molar-refractivity contribution is 0.0600. The largest absolute Gasteiger partial charge is 0.465 e. The van der Waals surface area contributed by atoms with E-state index >= 15 is 0 Å². The van der Waals surface area contributed by atoms with Crippen molar-refractivity contribution in [3.8, 4) is 0 Å². The minimum atomic E-state index is -0.389. The lowest BCUT2D eigenvalue weighted by Gasteiger charge is -2.11. The highest BCUT2D eigenvalue weighted by Crippen LogP contribution is 2.17. The van der Waals surface area contributed by atoms with Crippen molar-refractivity contribution in [2.24, 2.45) is 0 Å². The van der Waals surface area contributed by atoms with E-state index in [1.165, 1.54) is 7.11 Å². The van der Waals surface area contributed by atoms with Crippen LogP contribution in [0.3, 0.4) is 0 Å². The van der Waals surface area contributed by atoms with Gasteiger partial charge in [-0.3, -0.25) is 4.79 Å². The van der Waals surface area contributed by atoms with Gasteiger partial charge in [0, 0.05) is 30.6 Å².